The van der Waals surface area contributed by atoms with E-state index in [9.17, 15) is 22.8 Å². The lowest BCUT2D eigenvalue weighted by atomic mass is 9.87. The van der Waals surface area contributed by atoms with Crippen LogP contribution < -0.4 is 20.5 Å². The molecule has 2 atom stereocenters. The molecule has 1 saturated carbocycles. The molecule has 4 N–H and O–H groups in total. The second-order valence-electron chi connectivity index (χ2n) is 6.84. The molecule has 29 heavy (non-hydrogen) atoms. The molecule has 0 bridgehead atoms. The SMILES string of the molecule is COc1ccc(C(=O)OCC(=O)NC(N)=O)cc1S(=O)(=O)NC1CCCCC1C. The summed E-state index contributed by atoms with van der Waals surface area (Å²) in [4.78, 5) is 33.9. The summed E-state index contributed by atoms with van der Waals surface area (Å²) in [7, 11) is -2.64. The molecule has 2 rings (SSSR count). The van der Waals surface area contributed by atoms with Gasteiger partial charge < -0.3 is 15.2 Å². The maximum absolute atomic E-state index is 12.9. The number of amides is 3. The number of nitrogens with one attached hydrogen (secondary N) is 2. The molecule has 2 unspecified atom stereocenters. The summed E-state index contributed by atoms with van der Waals surface area (Å²) in [5.74, 6) is -1.57. The van der Waals surface area contributed by atoms with Crippen LogP contribution in [-0.2, 0) is 19.6 Å². The number of rotatable bonds is 7. The third kappa shape index (κ3) is 6.16. The third-order valence-corrected chi connectivity index (χ3v) is 6.21. The standard InChI is InChI=1S/C18H25N3O7S/c1-11-5-3-4-6-13(11)21-29(25,26)15-9-12(7-8-14(15)27-2)17(23)28-10-16(22)20-18(19)24/h7-9,11,13,21H,3-6,10H2,1-2H3,(H3,19,20,22,24). The second kappa shape index (κ2) is 9.70. The van der Waals surface area contributed by atoms with Crippen LogP contribution in [0.2, 0.25) is 0 Å². The van der Waals surface area contributed by atoms with E-state index in [1.54, 1.807) is 5.32 Å². The van der Waals surface area contributed by atoms with Gasteiger partial charge in [0.05, 0.1) is 12.7 Å². The van der Waals surface area contributed by atoms with E-state index in [0.29, 0.717) is 0 Å². The van der Waals surface area contributed by atoms with Crippen molar-refractivity contribution in [2.45, 2.75) is 43.5 Å². The van der Waals surface area contributed by atoms with E-state index in [1.165, 1.54) is 19.2 Å². The van der Waals surface area contributed by atoms with Crippen LogP contribution >= 0.6 is 0 Å². The Morgan fingerprint density at radius 1 is 1.21 bits per heavy atom. The summed E-state index contributed by atoms with van der Waals surface area (Å²) in [5, 5.41) is 1.75. The van der Waals surface area contributed by atoms with Gasteiger partial charge in [-0.1, -0.05) is 19.8 Å². The Kier molecular flexibility index (Phi) is 7.57. The van der Waals surface area contributed by atoms with Crippen LogP contribution in [0.25, 0.3) is 0 Å². The van der Waals surface area contributed by atoms with E-state index < -0.39 is 34.5 Å². The molecule has 11 heteroatoms. The van der Waals surface area contributed by atoms with Crippen molar-refractivity contribution in [2.75, 3.05) is 13.7 Å². The van der Waals surface area contributed by atoms with Crippen molar-refractivity contribution in [1.29, 1.82) is 0 Å². The molecule has 1 aromatic carbocycles. The number of urea groups is 1. The molecule has 160 valence electrons. The Balaban J connectivity index is 2.19. The summed E-state index contributed by atoms with van der Waals surface area (Å²) >= 11 is 0. The molecule has 0 saturated heterocycles. The lowest BCUT2D eigenvalue weighted by Crippen LogP contribution is -2.41. The number of methoxy groups -OCH3 is 1. The summed E-state index contributed by atoms with van der Waals surface area (Å²) in [6.45, 7) is 1.25. The largest absolute Gasteiger partial charge is 0.495 e. The molecular weight excluding hydrogens is 402 g/mol. The Hall–Kier alpha value is -2.66. The van der Waals surface area contributed by atoms with Crippen LogP contribution in [0, 0.1) is 5.92 Å². The number of nitrogens with two attached hydrogens (primary N) is 1. The first kappa shape index (κ1) is 22.6. The predicted molar refractivity (Wildman–Crippen MR) is 103 cm³/mol. The minimum absolute atomic E-state index is 0.0731. The van der Waals surface area contributed by atoms with E-state index in [0.717, 1.165) is 31.7 Å². The normalized spacial score (nSPS) is 19.2. The third-order valence-electron chi connectivity index (χ3n) is 4.70. The summed E-state index contributed by atoms with van der Waals surface area (Å²) < 4.78 is 38.5. The number of carbonyl (C=O) groups excluding carboxylic acids is 3. The minimum Gasteiger partial charge on any atom is -0.495 e. The fraction of sp³-hybridized carbons (Fsp3) is 0.500. The van der Waals surface area contributed by atoms with Crippen molar-refractivity contribution in [1.82, 2.24) is 10.0 Å². The molecule has 1 aliphatic carbocycles. The quantitative estimate of drug-likeness (QED) is 0.546. The van der Waals surface area contributed by atoms with Gasteiger partial charge in [0.2, 0.25) is 10.0 Å². The van der Waals surface area contributed by atoms with Gasteiger partial charge in [-0.05, 0) is 37.0 Å². The van der Waals surface area contributed by atoms with Crippen LogP contribution in [-0.4, -0.2) is 46.1 Å². The molecule has 0 aromatic heterocycles. The Morgan fingerprint density at radius 2 is 1.90 bits per heavy atom. The van der Waals surface area contributed by atoms with Crippen LogP contribution in [0.15, 0.2) is 23.1 Å². The highest BCUT2D eigenvalue weighted by Crippen LogP contribution is 2.29. The first-order valence-corrected chi connectivity index (χ1v) is 10.6. The number of hydrogen-bond acceptors (Lipinski definition) is 7. The zero-order valence-electron chi connectivity index (χ0n) is 16.3. The van der Waals surface area contributed by atoms with Gasteiger partial charge >= 0.3 is 12.0 Å². The van der Waals surface area contributed by atoms with Crippen molar-refractivity contribution in [3.8, 4) is 5.75 Å². The Morgan fingerprint density at radius 3 is 2.52 bits per heavy atom. The monoisotopic (exact) mass is 427 g/mol. The number of hydrogen-bond donors (Lipinski definition) is 3. The lowest BCUT2D eigenvalue weighted by Gasteiger charge is -2.29. The molecule has 1 aliphatic rings. The smallest absolute Gasteiger partial charge is 0.338 e. The van der Waals surface area contributed by atoms with E-state index >= 15 is 0 Å². The van der Waals surface area contributed by atoms with Crippen LogP contribution in [0.5, 0.6) is 5.75 Å². The van der Waals surface area contributed by atoms with Crippen molar-refractivity contribution in [2.24, 2.45) is 11.7 Å². The highest BCUT2D eigenvalue weighted by molar-refractivity contribution is 7.89. The molecule has 0 aliphatic heterocycles. The average Bonchev–Trinajstić information content (AvgIpc) is 2.66. The Labute approximate surface area is 169 Å². The van der Waals surface area contributed by atoms with Gasteiger partial charge in [0, 0.05) is 6.04 Å². The van der Waals surface area contributed by atoms with Crippen molar-refractivity contribution in [3.63, 3.8) is 0 Å². The summed E-state index contributed by atoms with van der Waals surface area (Å²) in [5.41, 5.74) is 4.71. The summed E-state index contributed by atoms with van der Waals surface area (Å²) in [6.07, 6.45) is 3.67. The summed E-state index contributed by atoms with van der Waals surface area (Å²) in [6, 6.07) is 2.50. The number of sulfonamides is 1. The minimum atomic E-state index is -3.96. The molecule has 1 aromatic rings. The van der Waals surface area contributed by atoms with Crippen molar-refractivity contribution < 1.29 is 32.3 Å². The second-order valence-corrected chi connectivity index (χ2v) is 8.53. The molecule has 0 heterocycles. The lowest BCUT2D eigenvalue weighted by molar-refractivity contribution is -0.123. The number of carbonyl (C=O) groups is 3. The van der Waals surface area contributed by atoms with E-state index in [2.05, 4.69) is 4.72 Å². The molecule has 0 spiro atoms. The first-order chi connectivity index (χ1) is 13.6. The number of primary amides is 1. The van der Waals surface area contributed by atoms with Crippen LogP contribution in [0.1, 0.15) is 43.0 Å². The highest BCUT2D eigenvalue weighted by Gasteiger charge is 2.29. The van der Waals surface area contributed by atoms with Gasteiger partial charge in [-0.3, -0.25) is 10.1 Å². The van der Waals surface area contributed by atoms with Gasteiger partial charge in [0.1, 0.15) is 10.6 Å². The fourth-order valence-electron chi connectivity index (χ4n) is 3.16. The number of ether oxygens (including phenoxy) is 2. The molecule has 10 nitrogen and oxygen atoms in total. The van der Waals surface area contributed by atoms with E-state index in [4.69, 9.17) is 15.2 Å². The van der Waals surface area contributed by atoms with Crippen molar-refractivity contribution in [3.05, 3.63) is 23.8 Å². The average molecular weight is 427 g/mol. The topological polar surface area (TPSA) is 154 Å². The van der Waals surface area contributed by atoms with Crippen LogP contribution in [0.4, 0.5) is 4.79 Å². The van der Waals surface area contributed by atoms with Gasteiger partial charge in [-0.15, -0.1) is 0 Å². The number of esters is 1. The molecular formula is C18H25N3O7S. The molecule has 1 fully saturated rings. The Bertz CT molecular complexity index is 885. The molecule has 0 radical (unpaired) electrons. The maximum Gasteiger partial charge on any atom is 0.338 e. The fourth-order valence-corrected chi connectivity index (χ4v) is 4.73. The zero-order valence-corrected chi connectivity index (χ0v) is 17.1. The molecule has 3 amide bonds. The van der Waals surface area contributed by atoms with Gasteiger partial charge in [0.15, 0.2) is 6.61 Å². The number of imide groups is 1. The maximum atomic E-state index is 12.9. The van der Waals surface area contributed by atoms with Gasteiger partial charge in [-0.2, -0.15) is 0 Å². The zero-order chi connectivity index (χ0) is 21.6. The van der Waals surface area contributed by atoms with Gasteiger partial charge in [-0.25, -0.2) is 22.7 Å². The van der Waals surface area contributed by atoms with Gasteiger partial charge in [0.25, 0.3) is 5.91 Å². The van der Waals surface area contributed by atoms with Crippen molar-refractivity contribution >= 4 is 27.9 Å². The van der Waals surface area contributed by atoms with Crippen LogP contribution in [0.3, 0.4) is 0 Å². The van der Waals surface area contributed by atoms with E-state index in [-0.39, 0.29) is 28.2 Å². The predicted octanol–water partition coefficient (Wildman–Crippen LogP) is 0.904. The number of benzene rings is 1. The van der Waals surface area contributed by atoms with E-state index in [1.807, 2.05) is 6.92 Å². The first-order valence-electron chi connectivity index (χ1n) is 9.11. The highest BCUT2D eigenvalue weighted by atomic mass is 32.2.